The van der Waals surface area contributed by atoms with Crippen LogP contribution >= 0.6 is 12.2 Å². The van der Waals surface area contributed by atoms with E-state index < -0.39 is 0 Å². The molecule has 0 saturated heterocycles. The van der Waals surface area contributed by atoms with Gasteiger partial charge in [-0.1, -0.05) is 0 Å². The molecule has 0 aromatic rings. The maximum absolute atomic E-state index is 5.22. The largest absolute Gasteiger partial charge is 0.376 e. The van der Waals surface area contributed by atoms with Gasteiger partial charge in [-0.25, -0.2) is 0 Å². The molecule has 0 spiro atoms. The molecule has 0 radical (unpaired) electrons. The predicted octanol–water partition coefficient (Wildman–Crippen LogP) is 0.691. The van der Waals surface area contributed by atoms with Crippen LogP contribution in [0.25, 0.3) is 0 Å². The van der Waals surface area contributed by atoms with E-state index in [1.165, 1.54) is 0 Å². The molecule has 11 heavy (non-hydrogen) atoms. The van der Waals surface area contributed by atoms with E-state index in [2.05, 4.69) is 22.5 Å². The van der Waals surface area contributed by atoms with Crippen molar-refractivity contribution in [3.05, 3.63) is 0 Å². The van der Waals surface area contributed by atoms with Gasteiger partial charge in [0.05, 0.1) is 0 Å². The highest BCUT2D eigenvalue weighted by Crippen LogP contribution is 1.81. The van der Waals surface area contributed by atoms with Gasteiger partial charge < -0.3 is 11.1 Å². The fourth-order valence-electron chi connectivity index (χ4n) is 0.593. The monoisotopic (exact) mass is 173 g/mol. The summed E-state index contributed by atoms with van der Waals surface area (Å²) in [5, 5.41) is 3.22. The zero-order valence-electron chi connectivity index (χ0n) is 7.05. The number of rotatable bonds is 4. The number of nitrogens with two attached hydrogens (primary N) is 1. The molecule has 64 valence electrons. The van der Waals surface area contributed by atoms with Gasteiger partial charge in [0, 0.05) is 18.8 Å². The minimum absolute atomic E-state index is 0.363. The van der Waals surface area contributed by atoms with Crippen LogP contribution in [0.5, 0.6) is 0 Å². The van der Waals surface area contributed by atoms with Crippen molar-refractivity contribution >= 4 is 23.0 Å². The van der Waals surface area contributed by atoms with Gasteiger partial charge in [-0.2, -0.15) is 0 Å². The average molecular weight is 173 g/mol. The van der Waals surface area contributed by atoms with E-state index in [1.807, 2.05) is 13.8 Å². The van der Waals surface area contributed by atoms with Crippen LogP contribution in [-0.4, -0.2) is 23.9 Å². The first kappa shape index (κ1) is 10.4. The Hall–Kier alpha value is -0.640. The van der Waals surface area contributed by atoms with Gasteiger partial charge in [-0.05, 0) is 32.5 Å². The second kappa shape index (κ2) is 6.09. The average Bonchev–Trinajstić information content (AvgIpc) is 1.85. The quantitative estimate of drug-likeness (QED) is 0.373. The van der Waals surface area contributed by atoms with Gasteiger partial charge in [0.25, 0.3) is 0 Å². The van der Waals surface area contributed by atoms with Crippen molar-refractivity contribution in [1.29, 1.82) is 0 Å². The Bertz CT molecular complexity index is 150. The molecule has 0 aliphatic heterocycles. The summed E-state index contributed by atoms with van der Waals surface area (Å²) in [6.07, 6.45) is 0.975. The number of nitrogens with zero attached hydrogens (tertiary/aromatic N) is 1. The fourth-order valence-corrected chi connectivity index (χ4v) is 0.695. The van der Waals surface area contributed by atoms with Crippen molar-refractivity contribution in [3.63, 3.8) is 0 Å². The summed E-state index contributed by atoms with van der Waals surface area (Å²) < 4.78 is 0. The highest BCUT2D eigenvalue weighted by Gasteiger charge is 1.86. The maximum Gasteiger partial charge on any atom is 0.163 e. The summed E-state index contributed by atoms with van der Waals surface area (Å²) in [6.45, 7) is 5.63. The van der Waals surface area contributed by atoms with Crippen molar-refractivity contribution in [2.24, 2.45) is 10.7 Å². The van der Waals surface area contributed by atoms with Gasteiger partial charge in [-0.15, -0.1) is 0 Å². The first-order valence-corrected chi connectivity index (χ1v) is 4.04. The van der Waals surface area contributed by atoms with E-state index in [4.69, 9.17) is 5.73 Å². The molecule has 0 unspecified atom stereocenters. The molecule has 0 aliphatic carbocycles. The molecule has 0 saturated carbocycles. The highest BCUT2D eigenvalue weighted by molar-refractivity contribution is 7.80. The number of aliphatic imine (C=N–C) groups is 1. The SMILES string of the molecule is CC(C)=NCCCNC(N)=S. The Balaban J connectivity index is 3.15. The first-order chi connectivity index (χ1) is 5.13. The van der Waals surface area contributed by atoms with Gasteiger partial charge in [-0.3, -0.25) is 4.99 Å². The van der Waals surface area contributed by atoms with Gasteiger partial charge in [0.2, 0.25) is 0 Å². The minimum Gasteiger partial charge on any atom is -0.376 e. The van der Waals surface area contributed by atoms with E-state index in [0.717, 1.165) is 25.2 Å². The van der Waals surface area contributed by atoms with Crippen LogP contribution in [0.4, 0.5) is 0 Å². The minimum atomic E-state index is 0.363. The van der Waals surface area contributed by atoms with Crippen LogP contribution in [0, 0.1) is 0 Å². The molecule has 0 heterocycles. The van der Waals surface area contributed by atoms with E-state index >= 15 is 0 Å². The summed E-state index contributed by atoms with van der Waals surface area (Å²) in [5.41, 5.74) is 6.33. The maximum atomic E-state index is 5.22. The summed E-state index contributed by atoms with van der Waals surface area (Å²) in [7, 11) is 0. The fraction of sp³-hybridized carbons (Fsp3) is 0.714. The van der Waals surface area contributed by atoms with Crippen molar-refractivity contribution < 1.29 is 0 Å². The smallest absolute Gasteiger partial charge is 0.163 e. The summed E-state index contributed by atoms with van der Waals surface area (Å²) in [6, 6.07) is 0. The Morgan fingerprint density at radius 3 is 2.64 bits per heavy atom. The zero-order valence-corrected chi connectivity index (χ0v) is 7.87. The van der Waals surface area contributed by atoms with E-state index in [-0.39, 0.29) is 0 Å². The zero-order chi connectivity index (χ0) is 8.69. The second-order valence-corrected chi connectivity index (χ2v) is 2.91. The summed E-state index contributed by atoms with van der Waals surface area (Å²) in [5.74, 6) is 0. The Kier molecular flexibility index (Phi) is 5.74. The second-order valence-electron chi connectivity index (χ2n) is 2.47. The molecular weight excluding hydrogens is 158 g/mol. The molecule has 4 heteroatoms. The standard InChI is InChI=1S/C7H15N3S/c1-6(2)9-4-3-5-10-7(8)11/h3-5H2,1-2H3,(H3,8,10,11). The lowest BCUT2D eigenvalue weighted by atomic mass is 10.4. The Labute approximate surface area is 73.1 Å². The molecule has 0 atom stereocenters. The topological polar surface area (TPSA) is 50.4 Å². The summed E-state index contributed by atoms with van der Waals surface area (Å²) >= 11 is 4.63. The number of hydrogen-bond donors (Lipinski definition) is 2. The molecule has 0 fully saturated rings. The Morgan fingerprint density at radius 2 is 2.18 bits per heavy atom. The molecular formula is C7H15N3S. The normalized spacial score (nSPS) is 8.91. The number of hydrogen-bond acceptors (Lipinski definition) is 2. The Morgan fingerprint density at radius 1 is 1.55 bits per heavy atom. The van der Waals surface area contributed by atoms with Gasteiger partial charge in [0.15, 0.2) is 5.11 Å². The highest BCUT2D eigenvalue weighted by atomic mass is 32.1. The molecule has 3 N–H and O–H groups in total. The van der Waals surface area contributed by atoms with Crippen LogP contribution < -0.4 is 11.1 Å². The molecule has 0 rings (SSSR count). The molecule has 0 aromatic carbocycles. The third-order valence-electron chi connectivity index (χ3n) is 1.06. The van der Waals surface area contributed by atoms with Crippen LogP contribution in [0.3, 0.4) is 0 Å². The van der Waals surface area contributed by atoms with E-state index in [1.54, 1.807) is 0 Å². The molecule has 0 amide bonds. The van der Waals surface area contributed by atoms with Crippen LogP contribution in [0.1, 0.15) is 20.3 Å². The molecule has 0 aliphatic rings. The van der Waals surface area contributed by atoms with E-state index in [9.17, 15) is 0 Å². The summed E-state index contributed by atoms with van der Waals surface area (Å²) in [4.78, 5) is 4.21. The number of nitrogens with one attached hydrogen (secondary N) is 1. The van der Waals surface area contributed by atoms with Crippen LogP contribution in [0.15, 0.2) is 4.99 Å². The van der Waals surface area contributed by atoms with Crippen molar-refractivity contribution in [3.8, 4) is 0 Å². The third-order valence-corrected chi connectivity index (χ3v) is 1.21. The van der Waals surface area contributed by atoms with Crippen LogP contribution in [0.2, 0.25) is 0 Å². The van der Waals surface area contributed by atoms with Crippen molar-refractivity contribution in [2.75, 3.05) is 13.1 Å². The van der Waals surface area contributed by atoms with Crippen LogP contribution in [-0.2, 0) is 0 Å². The van der Waals surface area contributed by atoms with E-state index in [0.29, 0.717) is 5.11 Å². The lowest BCUT2D eigenvalue weighted by Gasteiger charge is -2.00. The first-order valence-electron chi connectivity index (χ1n) is 3.64. The number of thiocarbonyl (C=S) groups is 1. The lowest BCUT2D eigenvalue weighted by molar-refractivity contribution is 0.786. The molecule has 3 nitrogen and oxygen atoms in total. The van der Waals surface area contributed by atoms with Gasteiger partial charge in [0.1, 0.15) is 0 Å². The third kappa shape index (κ3) is 9.36. The van der Waals surface area contributed by atoms with Crippen molar-refractivity contribution in [1.82, 2.24) is 5.32 Å². The molecule has 0 bridgehead atoms. The van der Waals surface area contributed by atoms with Crippen molar-refractivity contribution in [2.45, 2.75) is 20.3 Å². The lowest BCUT2D eigenvalue weighted by Crippen LogP contribution is -2.30. The molecule has 0 aromatic heterocycles. The van der Waals surface area contributed by atoms with Gasteiger partial charge >= 0.3 is 0 Å². The predicted molar refractivity (Wildman–Crippen MR) is 53.1 cm³/mol.